The molecule has 2 fully saturated rings. The van der Waals surface area contributed by atoms with E-state index in [2.05, 4.69) is 31.1 Å². The molecule has 0 spiro atoms. The summed E-state index contributed by atoms with van der Waals surface area (Å²) in [6, 6.07) is 1.56. The molecule has 4 atom stereocenters. The van der Waals surface area contributed by atoms with Gasteiger partial charge in [-0.2, -0.15) is 0 Å². The molecule has 0 aromatic rings. The maximum Gasteiger partial charge on any atom is 0.0209 e. The van der Waals surface area contributed by atoms with Gasteiger partial charge in [0, 0.05) is 18.6 Å². The van der Waals surface area contributed by atoms with E-state index in [4.69, 9.17) is 0 Å². The number of nitrogens with zero attached hydrogens (tertiary/aromatic N) is 1. The fourth-order valence-corrected chi connectivity index (χ4v) is 3.10. The average molecular weight is 210 g/mol. The van der Waals surface area contributed by atoms with Crippen molar-refractivity contribution in [1.82, 2.24) is 10.2 Å². The SMILES string of the molecule is CC1CCC(NC2CCN(C)C2)CC1C. The van der Waals surface area contributed by atoms with E-state index < -0.39 is 0 Å². The van der Waals surface area contributed by atoms with Crippen LogP contribution >= 0.6 is 0 Å². The summed E-state index contributed by atoms with van der Waals surface area (Å²) >= 11 is 0. The summed E-state index contributed by atoms with van der Waals surface area (Å²) in [4.78, 5) is 2.44. The van der Waals surface area contributed by atoms with Crippen molar-refractivity contribution in [2.24, 2.45) is 11.8 Å². The van der Waals surface area contributed by atoms with E-state index in [-0.39, 0.29) is 0 Å². The third-order valence-corrected chi connectivity index (χ3v) is 4.46. The first-order valence-electron chi connectivity index (χ1n) is 6.59. The first-order valence-corrected chi connectivity index (χ1v) is 6.59. The standard InChI is InChI=1S/C13H26N2/c1-10-4-5-12(8-11(10)2)14-13-6-7-15(3)9-13/h10-14H,4-9H2,1-3H3. The van der Waals surface area contributed by atoms with Crippen LogP contribution in [0.1, 0.15) is 39.5 Å². The van der Waals surface area contributed by atoms with Gasteiger partial charge in [-0.3, -0.25) is 0 Å². The summed E-state index contributed by atoms with van der Waals surface area (Å²) in [6.45, 7) is 7.35. The molecule has 4 unspecified atom stereocenters. The second-order valence-corrected chi connectivity index (χ2v) is 5.88. The molecule has 1 heterocycles. The minimum absolute atomic E-state index is 0.764. The Balaban J connectivity index is 1.75. The Labute approximate surface area is 94.4 Å². The highest BCUT2D eigenvalue weighted by molar-refractivity contribution is 4.86. The zero-order chi connectivity index (χ0) is 10.8. The van der Waals surface area contributed by atoms with E-state index in [0.717, 1.165) is 23.9 Å². The van der Waals surface area contributed by atoms with E-state index >= 15 is 0 Å². The summed E-state index contributed by atoms with van der Waals surface area (Å²) in [7, 11) is 2.23. The van der Waals surface area contributed by atoms with Crippen LogP contribution in [0.3, 0.4) is 0 Å². The number of likely N-dealkylation sites (tertiary alicyclic amines) is 1. The molecular weight excluding hydrogens is 184 g/mol. The Morgan fingerprint density at radius 3 is 2.40 bits per heavy atom. The summed E-state index contributed by atoms with van der Waals surface area (Å²) in [5, 5.41) is 3.86. The maximum atomic E-state index is 3.86. The van der Waals surface area contributed by atoms with Crippen molar-refractivity contribution in [2.75, 3.05) is 20.1 Å². The summed E-state index contributed by atoms with van der Waals surface area (Å²) in [5.41, 5.74) is 0. The van der Waals surface area contributed by atoms with E-state index in [1.54, 1.807) is 0 Å². The maximum absolute atomic E-state index is 3.86. The van der Waals surface area contributed by atoms with Crippen molar-refractivity contribution in [3.8, 4) is 0 Å². The van der Waals surface area contributed by atoms with Crippen molar-refractivity contribution in [1.29, 1.82) is 0 Å². The van der Waals surface area contributed by atoms with Crippen LogP contribution in [0.5, 0.6) is 0 Å². The van der Waals surface area contributed by atoms with Gasteiger partial charge in [0.05, 0.1) is 0 Å². The van der Waals surface area contributed by atoms with Gasteiger partial charge in [-0.1, -0.05) is 13.8 Å². The number of nitrogens with one attached hydrogen (secondary N) is 1. The minimum atomic E-state index is 0.764. The molecule has 1 saturated carbocycles. The molecule has 88 valence electrons. The first kappa shape index (κ1) is 11.4. The molecule has 0 bridgehead atoms. The van der Waals surface area contributed by atoms with Gasteiger partial charge in [-0.25, -0.2) is 0 Å². The van der Waals surface area contributed by atoms with Gasteiger partial charge in [-0.05, 0) is 51.1 Å². The third kappa shape index (κ3) is 2.94. The fraction of sp³-hybridized carbons (Fsp3) is 1.00. The van der Waals surface area contributed by atoms with Crippen LogP contribution in [-0.4, -0.2) is 37.1 Å². The number of likely N-dealkylation sites (N-methyl/N-ethyl adjacent to an activating group) is 1. The van der Waals surface area contributed by atoms with Crippen LogP contribution in [0.2, 0.25) is 0 Å². The van der Waals surface area contributed by atoms with Gasteiger partial charge in [0.25, 0.3) is 0 Å². The normalized spacial score (nSPS) is 43.4. The number of hydrogen-bond donors (Lipinski definition) is 1. The topological polar surface area (TPSA) is 15.3 Å². The highest BCUT2D eigenvalue weighted by atomic mass is 15.2. The van der Waals surface area contributed by atoms with Crippen LogP contribution in [0.15, 0.2) is 0 Å². The molecular formula is C13H26N2. The van der Waals surface area contributed by atoms with Crippen LogP contribution < -0.4 is 5.32 Å². The van der Waals surface area contributed by atoms with Crippen LogP contribution in [0.25, 0.3) is 0 Å². The van der Waals surface area contributed by atoms with Crippen LogP contribution in [0.4, 0.5) is 0 Å². The predicted molar refractivity (Wildman–Crippen MR) is 65.0 cm³/mol. The summed E-state index contributed by atoms with van der Waals surface area (Å²) < 4.78 is 0. The summed E-state index contributed by atoms with van der Waals surface area (Å²) in [5.74, 6) is 1.85. The second-order valence-electron chi connectivity index (χ2n) is 5.88. The van der Waals surface area contributed by atoms with Crippen LogP contribution in [0, 0.1) is 11.8 Å². The number of rotatable bonds is 2. The summed E-state index contributed by atoms with van der Waals surface area (Å²) in [6.07, 6.45) is 5.55. The number of hydrogen-bond acceptors (Lipinski definition) is 2. The highest BCUT2D eigenvalue weighted by Gasteiger charge is 2.27. The molecule has 1 N–H and O–H groups in total. The molecule has 15 heavy (non-hydrogen) atoms. The molecule has 2 nitrogen and oxygen atoms in total. The van der Waals surface area contributed by atoms with Gasteiger partial charge < -0.3 is 10.2 Å². The molecule has 1 aliphatic carbocycles. The molecule has 0 radical (unpaired) electrons. The smallest absolute Gasteiger partial charge is 0.0209 e. The van der Waals surface area contributed by atoms with Crippen molar-refractivity contribution in [3.05, 3.63) is 0 Å². The quantitative estimate of drug-likeness (QED) is 0.751. The van der Waals surface area contributed by atoms with Gasteiger partial charge >= 0.3 is 0 Å². The van der Waals surface area contributed by atoms with E-state index in [1.807, 2.05) is 0 Å². The van der Waals surface area contributed by atoms with Gasteiger partial charge in [0.2, 0.25) is 0 Å². The van der Waals surface area contributed by atoms with Crippen molar-refractivity contribution < 1.29 is 0 Å². The van der Waals surface area contributed by atoms with Crippen molar-refractivity contribution >= 4 is 0 Å². The zero-order valence-electron chi connectivity index (χ0n) is 10.5. The van der Waals surface area contributed by atoms with E-state index in [1.165, 1.54) is 38.8 Å². The monoisotopic (exact) mass is 210 g/mol. The van der Waals surface area contributed by atoms with Crippen molar-refractivity contribution in [3.63, 3.8) is 0 Å². The third-order valence-electron chi connectivity index (χ3n) is 4.46. The molecule has 0 amide bonds. The Bertz CT molecular complexity index is 205. The molecule has 0 aromatic carbocycles. The predicted octanol–water partition coefficient (Wildman–Crippen LogP) is 2.10. The van der Waals surface area contributed by atoms with E-state index in [9.17, 15) is 0 Å². The molecule has 2 aliphatic rings. The van der Waals surface area contributed by atoms with Crippen molar-refractivity contribution in [2.45, 2.75) is 51.6 Å². The highest BCUT2D eigenvalue weighted by Crippen LogP contribution is 2.29. The molecule has 1 aliphatic heterocycles. The Hall–Kier alpha value is -0.0800. The Morgan fingerprint density at radius 2 is 1.80 bits per heavy atom. The van der Waals surface area contributed by atoms with E-state index in [0.29, 0.717) is 0 Å². The second kappa shape index (κ2) is 4.84. The molecule has 2 heteroatoms. The fourth-order valence-electron chi connectivity index (χ4n) is 3.10. The Kier molecular flexibility index (Phi) is 3.68. The lowest BCUT2D eigenvalue weighted by atomic mass is 9.79. The Morgan fingerprint density at radius 1 is 1.00 bits per heavy atom. The largest absolute Gasteiger partial charge is 0.310 e. The molecule has 2 rings (SSSR count). The van der Waals surface area contributed by atoms with Gasteiger partial charge in [0.1, 0.15) is 0 Å². The first-order chi connectivity index (χ1) is 7.15. The molecule has 0 aromatic heterocycles. The lowest BCUT2D eigenvalue weighted by Gasteiger charge is -2.34. The zero-order valence-corrected chi connectivity index (χ0v) is 10.5. The van der Waals surface area contributed by atoms with Crippen LogP contribution in [-0.2, 0) is 0 Å². The van der Waals surface area contributed by atoms with Gasteiger partial charge in [0.15, 0.2) is 0 Å². The lowest BCUT2D eigenvalue weighted by Crippen LogP contribution is -2.43. The minimum Gasteiger partial charge on any atom is -0.310 e. The van der Waals surface area contributed by atoms with Gasteiger partial charge in [-0.15, -0.1) is 0 Å². The molecule has 1 saturated heterocycles. The lowest BCUT2D eigenvalue weighted by molar-refractivity contribution is 0.215. The average Bonchev–Trinajstić information content (AvgIpc) is 2.58.